The number of benzene rings is 3. The van der Waals surface area contributed by atoms with Gasteiger partial charge in [0, 0.05) is 23.9 Å². The fourth-order valence-corrected chi connectivity index (χ4v) is 4.07. The highest BCUT2D eigenvalue weighted by Gasteiger charge is 2.39. The van der Waals surface area contributed by atoms with Gasteiger partial charge in [0.15, 0.2) is 0 Å². The second kappa shape index (κ2) is 12.4. The van der Waals surface area contributed by atoms with Crippen LogP contribution in [0.5, 0.6) is 5.75 Å². The summed E-state index contributed by atoms with van der Waals surface area (Å²) in [5.41, 5.74) is -4.35. The lowest BCUT2D eigenvalue weighted by molar-refractivity contribution is -0.187. The average Bonchev–Trinajstić information content (AvgIpc) is 2.89. The first-order valence-corrected chi connectivity index (χ1v) is 12.6. The largest absolute Gasteiger partial charge is 0.429 e. The van der Waals surface area contributed by atoms with Crippen LogP contribution < -0.4 is 4.74 Å². The molecule has 0 saturated heterocycles. The fourth-order valence-electron chi connectivity index (χ4n) is 4.07. The molecule has 0 aliphatic rings. The van der Waals surface area contributed by atoms with E-state index < -0.39 is 69.4 Å². The summed E-state index contributed by atoms with van der Waals surface area (Å²) in [6.07, 6.45) is -5.37. The maximum Gasteiger partial charge on any atom is 0.429 e. The highest BCUT2D eigenvalue weighted by molar-refractivity contribution is 5.66. The van der Waals surface area contributed by atoms with Crippen LogP contribution in [0.15, 0.2) is 60.8 Å². The molecule has 0 radical (unpaired) electrons. The normalized spacial score (nSPS) is 11.7. The van der Waals surface area contributed by atoms with E-state index in [9.17, 15) is 43.9 Å². The molecule has 0 saturated carbocycles. The van der Waals surface area contributed by atoms with Crippen molar-refractivity contribution in [1.82, 2.24) is 4.98 Å². The minimum atomic E-state index is -5.43. The predicted octanol–water partition coefficient (Wildman–Crippen LogP) is 9.33. The minimum Gasteiger partial charge on any atom is -0.429 e. The first-order valence-electron chi connectivity index (χ1n) is 12.6. The maximum atomic E-state index is 14.8. The van der Waals surface area contributed by atoms with Gasteiger partial charge in [-0.25, -0.2) is 26.9 Å². The molecule has 0 atom stereocenters. The molecule has 0 bridgehead atoms. The van der Waals surface area contributed by atoms with Crippen molar-refractivity contribution < 1.29 is 48.6 Å². The van der Waals surface area contributed by atoms with Gasteiger partial charge in [-0.3, -0.25) is 0 Å². The van der Waals surface area contributed by atoms with E-state index in [0.29, 0.717) is 17.8 Å². The third-order valence-electron chi connectivity index (χ3n) is 6.14. The Morgan fingerprint density at radius 1 is 0.744 bits per heavy atom. The van der Waals surface area contributed by atoms with Gasteiger partial charge < -0.3 is 4.74 Å². The first kappa shape index (κ1) is 31.4. The Morgan fingerprint density at radius 3 is 1.93 bits per heavy atom. The predicted molar refractivity (Wildman–Crippen MR) is 136 cm³/mol. The van der Waals surface area contributed by atoms with Crippen LogP contribution >= 0.6 is 0 Å². The van der Waals surface area contributed by atoms with Crippen LogP contribution in [-0.2, 0) is 18.7 Å². The third-order valence-corrected chi connectivity index (χ3v) is 6.14. The van der Waals surface area contributed by atoms with Gasteiger partial charge in [-0.1, -0.05) is 25.3 Å². The highest BCUT2D eigenvalue weighted by atomic mass is 19.4. The van der Waals surface area contributed by atoms with E-state index in [1.54, 1.807) is 12.3 Å². The van der Waals surface area contributed by atoms with Crippen molar-refractivity contribution >= 4 is 0 Å². The minimum absolute atomic E-state index is 0.0198. The average molecular weight is 611 g/mol. The Bertz CT molecular complexity index is 1660. The van der Waals surface area contributed by atoms with Crippen molar-refractivity contribution in [3.63, 3.8) is 0 Å². The van der Waals surface area contributed by atoms with Crippen molar-refractivity contribution in [3.8, 4) is 28.7 Å². The molecule has 4 aromatic rings. The Hall–Kier alpha value is -4.53. The second-order valence-corrected chi connectivity index (χ2v) is 9.29. The number of unbranched alkanes of at least 4 members (excludes halogenated alkanes) is 1. The van der Waals surface area contributed by atoms with Crippen molar-refractivity contribution in [3.05, 3.63) is 118 Å². The van der Waals surface area contributed by atoms with Crippen molar-refractivity contribution in [1.29, 1.82) is 0 Å². The lowest BCUT2D eigenvalue weighted by Crippen LogP contribution is -2.23. The summed E-state index contributed by atoms with van der Waals surface area (Å²) in [5, 5.41) is 0. The molecule has 1 aromatic heterocycles. The fraction of sp³-hybridized carbons (Fsp3) is 0.194. The van der Waals surface area contributed by atoms with Crippen molar-refractivity contribution in [2.45, 2.75) is 38.5 Å². The molecule has 12 heteroatoms. The molecule has 0 unspecified atom stereocenters. The van der Waals surface area contributed by atoms with E-state index in [0.717, 1.165) is 30.9 Å². The molecule has 0 spiro atoms. The number of nitrogens with zero attached hydrogens (tertiary/aromatic N) is 1. The Labute approximate surface area is 239 Å². The lowest BCUT2D eigenvalue weighted by Gasteiger charge is -2.20. The van der Waals surface area contributed by atoms with Crippen LogP contribution in [0, 0.1) is 40.9 Å². The van der Waals surface area contributed by atoms with E-state index >= 15 is 0 Å². The number of hydrogen-bond donors (Lipinski definition) is 0. The molecule has 0 aliphatic carbocycles. The summed E-state index contributed by atoms with van der Waals surface area (Å²) >= 11 is 0. The van der Waals surface area contributed by atoms with Crippen LogP contribution in [0.4, 0.5) is 43.9 Å². The summed E-state index contributed by atoms with van der Waals surface area (Å²) in [5.74, 6) is -4.99. The van der Waals surface area contributed by atoms with Gasteiger partial charge >= 0.3 is 12.3 Å². The van der Waals surface area contributed by atoms with Crippen LogP contribution in [0.3, 0.4) is 0 Å². The number of aromatic nitrogens is 1. The zero-order chi connectivity index (χ0) is 31.5. The smallest absolute Gasteiger partial charge is 0.429 e. The van der Waals surface area contributed by atoms with Gasteiger partial charge in [-0.15, -0.1) is 0 Å². The van der Waals surface area contributed by atoms with Crippen LogP contribution in [-0.4, -0.2) is 4.98 Å². The van der Waals surface area contributed by atoms with E-state index in [4.69, 9.17) is 0 Å². The van der Waals surface area contributed by atoms with Gasteiger partial charge in [-0.2, -0.15) is 22.0 Å². The van der Waals surface area contributed by atoms with Gasteiger partial charge in [0.2, 0.25) is 0 Å². The van der Waals surface area contributed by atoms with Crippen molar-refractivity contribution in [2.75, 3.05) is 0 Å². The number of aryl methyl sites for hydroxylation is 1. The van der Waals surface area contributed by atoms with Crippen molar-refractivity contribution in [2.24, 2.45) is 0 Å². The molecule has 0 fully saturated rings. The quantitative estimate of drug-likeness (QED) is 0.154. The topological polar surface area (TPSA) is 22.1 Å². The molecule has 3 aromatic carbocycles. The number of halogens is 10. The molecule has 2 nitrogen and oxygen atoms in total. The standard InChI is InChI=1S/C31H19F10NO/c1-2-3-4-18-6-9-20(42-16-18)8-5-17-7-10-22(23(32)11-17)31(40,41)43-21-14-24(33)28(25(34)15-21)19-12-26(35)29(27(36)13-19)30(37,38)39/h6-7,9-16H,2-4H2,1H3. The summed E-state index contributed by atoms with van der Waals surface area (Å²) in [7, 11) is 0. The Morgan fingerprint density at radius 2 is 1.40 bits per heavy atom. The third kappa shape index (κ3) is 7.28. The van der Waals surface area contributed by atoms with Gasteiger partial charge in [0.1, 0.15) is 51.7 Å². The maximum absolute atomic E-state index is 14.8. The lowest BCUT2D eigenvalue weighted by atomic mass is 10.0. The monoisotopic (exact) mass is 611 g/mol. The number of pyridine rings is 1. The van der Waals surface area contributed by atoms with Crippen LogP contribution in [0.1, 0.15) is 47.7 Å². The number of hydrogen-bond acceptors (Lipinski definition) is 2. The van der Waals surface area contributed by atoms with E-state index in [2.05, 4.69) is 28.5 Å². The molecule has 0 amide bonds. The molecule has 4 rings (SSSR count). The first-order chi connectivity index (χ1) is 20.2. The molecule has 224 valence electrons. The summed E-state index contributed by atoms with van der Waals surface area (Å²) in [6.45, 7) is 2.06. The van der Waals surface area contributed by atoms with Crippen LogP contribution in [0.2, 0.25) is 0 Å². The second-order valence-electron chi connectivity index (χ2n) is 9.29. The molecule has 1 heterocycles. The number of rotatable bonds is 7. The summed E-state index contributed by atoms with van der Waals surface area (Å²) in [6, 6.07) is 6.43. The zero-order valence-corrected chi connectivity index (χ0v) is 22.0. The highest BCUT2D eigenvalue weighted by Crippen LogP contribution is 2.39. The SMILES string of the molecule is CCCCc1ccc(C#Cc2ccc(C(F)(F)Oc3cc(F)c(-c4cc(F)c(C(F)(F)F)c(F)c4)c(F)c3)c(F)c2)nc1. The van der Waals surface area contributed by atoms with E-state index in [-0.39, 0.29) is 29.8 Å². The Balaban J connectivity index is 1.55. The molecule has 0 N–H and O–H groups in total. The van der Waals surface area contributed by atoms with Gasteiger partial charge in [0.05, 0.1) is 5.56 Å². The summed E-state index contributed by atoms with van der Waals surface area (Å²) in [4.78, 5) is 4.18. The van der Waals surface area contributed by atoms with Crippen LogP contribution in [0.25, 0.3) is 11.1 Å². The number of ether oxygens (including phenoxy) is 1. The molecule has 43 heavy (non-hydrogen) atoms. The van der Waals surface area contributed by atoms with Gasteiger partial charge in [0.25, 0.3) is 0 Å². The van der Waals surface area contributed by atoms with E-state index in [1.165, 1.54) is 0 Å². The molecular formula is C31H19F10NO. The molecular weight excluding hydrogens is 592 g/mol. The Kier molecular flexibility index (Phi) is 9.04. The number of alkyl halides is 5. The van der Waals surface area contributed by atoms with Gasteiger partial charge in [-0.05, 0) is 66.3 Å². The zero-order valence-electron chi connectivity index (χ0n) is 22.0. The van der Waals surface area contributed by atoms with E-state index in [1.807, 2.05) is 6.07 Å². The molecule has 0 aliphatic heterocycles. The summed E-state index contributed by atoms with van der Waals surface area (Å²) < 4.78 is 144.